The number of nitrogens with one attached hydrogen (secondary N) is 1. The second-order valence-corrected chi connectivity index (χ2v) is 10.2. The molecule has 5 rings (SSSR count). The normalized spacial score (nSPS) is 16.2. The highest BCUT2D eigenvalue weighted by atomic mass is 35.5. The summed E-state index contributed by atoms with van der Waals surface area (Å²) in [5.41, 5.74) is 1.86. The molecule has 2 aromatic heterocycles. The summed E-state index contributed by atoms with van der Waals surface area (Å²) in [5.74, 6) is 1.67. The van der Waals surface area contributed by atoms with E-state index in [-0.39, 0.29) is 6.03 Å². The number of para-hydroxylation sites is 1. The van der Waals surface area contributed by atoms with Gasteiger partial charge < -0.3 is 19.9 Å². The second-order valence-electron chi connectivity index (χ2n) is 8.29. The summed E-state index contributed by atoms with van der Waals surface area (Å²) < 4.78 is 5.32. The van der Waals surface area contributed by atoms with Crippen LogP contribution in [0.5, 0.6) is 0 Å². The summed E-state index contributed by atoms with van der Waals surface area (Å²) in [4.78, 5) is 29.1. The van der Waals surface area contributed by atoms with Gasteiger partial charge in [-0.25, -0.2) is 14.8 Å². The number of hydrogen-bond acceptors (Lipinski definition) is 6. The number of methoxy groups -OCH3 is 1. The number of aromatic nitrogens is 2. The fourth-order valence-electron chi connectivity index (χ4n) is 4.53. The molecule has 0 saturated carbocycles. The quantitative estimate of drug-likeness (QED) is 0.515. The van der Waals surface area contributed by atoms with Crippen LogP contribution in [0.25, 0.3) is 10.2 Å². The Kier molecular flexibility index (Phi) is 6.60. The highest BCUT2D eigenvalue weighted by Gasteiger charge is 2.28. The van der Waals surface area contributed by atoms with E-state index in [1.165, 1.54) is 28.7 Å². The first-order valence-corrected chi connectivity index (χ1v) is 12.7. The Balaban J connectivity index is 1.37. The van der Waals surface area contributed by atoms with Crippen molar-refractivity contribution in [2.45, 2.75) is 32.3 Å². The number of nitrogens with zero attached hydrogens (tertiary/aromatic N) is 4. The molecule has 2 amide bonds. The van der Waals surface area contributed by atoms with Crippen molar-refractivity contribution in [3.8, 4) is 0 Å². The van der Waals surface area contributed by atoms with E-state index in [9.17, 15) is 4.79 Å². The molecule has 0 bridgehead atoms. The van der Waals surface area contributed by atoms with E-state index < -0.39 is 0 Å². The van der Waals surface area contributed by atoms with Gasteiger partial charge in [-0.15, -0.1) is 11.3 Å². The predicted molar refractivity (Wildman–Crippen MR) is 134 cm³/mol. The molecule has 1 saturated heterocycles. The van der Waals surface area contributed by atoms with E-state index in [0.29, 0.717) is 54.3 Å². The number of urea groups is 1. The summed E-state index contributed by atoms with van der Waals surface area (Å²) in [6, 6.07) is 4.97. The van der Waals surface area contributed by atoms with Crippen molar-refractivity contribution < 1.29 is 9.53 Å². The first-order chi connectivity index (χ1) is 16.0. The van der Waals surface area contributed by atoms with Gasteiger partial charge in [0.05, 0.1) is 21.1 Å². The monoisotopic (exact) mass is 505 g/mol. The number of anilines is 2. The Morgan fingerprint density at radius 1 is 1.12 bits per heavy atom. The summed E-state index contributed by atoms with van der Waals surface area (Å²) in [5, 5.41) is 4.89. The molecule has 0 unspecified atom stereocenters. The van der Waals surface area contributed by atoms with Gasteiger partial charge in [-0.2, -0.15) is 0 Å². The van der Waals surface area contributed by atoms with Crippen LogP contribution in [0.2, 0.25) is 10.0 Å². The van der Waals surface area contributed by atoms with E-state index >= 15 is 0 Å². The van der Waals surface area contributed by atoms with E-state index in [4.69, 9.17) is 37.9 Å². The molecule has 1 aromatic carbocycles. The number of fused-ring (bicyclic) bond motifs is 3. The lowest BCUT2D eigenvalue weighted by Crippen LogP contribution is -2.50. The lowest BCUT2D eigenvalue weighted by atomic mass is 9.97. The largest absolute Gasteiger partial charge is 0.377 e. The molecule has 33 heavy (non-hydrogen) atoms. The summed E-state index contributed by atoms with van der Waals surface area (Å²) in [6.45, 7) is 2.91. The molecule has 0 radical (unpaired) electrons. The molecule has 1 aliphatic carbocycles. The number of hydrogen-bond donors (Lipinski definition) is 1. The molecule has 7 nitrogen and oxygen atoms in total. The zero-order valence-electron chi connectivity index (χ0n) is 18.4. The summed E-state index contributed by atoms with van der Waals surface area (Å²) in [7, 11) is 1.66. The average Bonchev–Trinajstić information content (AvgIpc) is 3.20. The van der Waals surface area contributed by atoms with Crippen molar-refractivity contribution in [2.75, 3.05) is 43.5 Å². The number of carbonyl (C=O) groups excluding carboxylic acids is 1. The van der Waals surface area contributed by atoms with Crippen LogP contribution in [0, 0.1) is 0 Å². The number of carbonyl (C=O) groups is 1. The SMILES string of the molecule is COCc1nc(N2CCN(C(=O)Nc3c(Cl)cccc3Cl)CC2)c2c3c(sc2n1)CCCC3. The van der Waals surface area contributed by atoms with Crippen LogP contribution in [0.3, 0.4) is 0 Å². The van der Waals surface area contributed by atoms with Crippen molar-refractivity contribution in [1.82, 2.24) is 14.9 Å². The lowest BCUT2D eigenvalue weighted by molar-refractivity contribution is 0.178. The van der Waals surface area contributed by atoms with Crippen LogP contribution < -0.4 is 10.2 Å². The molecular formula is C23H25Cl2N5O2S. The van der Waals surface area contributed by atoms with Gasteiger partial charge >= 0.3 is 6.03 Å². The van der Waals surface area contributed by atoms with Gasteiger partial charge in [0, 0.05) is 38.2 Å². The average molecular weight is 506 g/mol. The molecule has 1 aliphatic heterocycles. The van der Waals surface area contributed by atoms with Gasteiger partial charge in [-0.05, 0) is 43.4 Å². The summed E-state index contributed by atoms with van der Waals surface area (Å²) >= 11 is 14.2. The first-order valence-electron chi connectivity index (χ1n) is 11.1. The van der Waals surface area contributed by atoms with Gasteiger partial charge in [0.25, 0.3) is 0 Å². The van der Waals surface area contributed by atoms with Crippen LogP contribution in [-0.4, -0.2) is 54.2 Å². The lowest BCUT2D eigenvalue weighted by Gasteiger charge is -2.36. The van der Waals surface area contributed by atoms with Crippen molar-refractivity contribution in [3.05, 3.63) is 44.5 Å². The molecule has 0 spiro atoms. The third-order valence-corrected chi connectivity index (χ3v) is 7.99. The number of rotatable bonds is 4. The molecule has 174 valence electrons. The van der Waals surface area contributed by atoms with Crippen molar-refractivity contribution in [2.24, 2.45) is 0 Å². The van der Waals surface area contributed by atoms with Crippen LogP contribution in [0.4, 0.5) is 16.3 Å². The predicted octanol–water partition coefficient (Wildman–Crippen LogP) is 5.38. The summed E-state index contributed by atoms with van der Waals surface area (Å²) in [6.07, 6.45) is 4.64. The van der Waals surface area contributed by atoms with Crippen molar-refractivity contribution in [3.63, 3.8) is 0 Å². The number of aryl methyl sites for hydroxylation is 2. The molecule has 0 atom stereocenters. The minimum Gasteiger partial charge on any atom is -0.377 e. The highest BCUT2D eigenvalue weighted by Crippen LogP contribution is 2.40. The third-order valence-electron chi connectivity index (χ3n) is 6.18. The van der Waals surface area contributed by atoms with Crippen molar-refractivity contribution >= 4 is 62.3 Å². The van der Waals surface area contributed by atoms with Gasteiger partial charge in [0.2, 0.25) is 0 Å². The van der Waals surface area contributed by atoms with Crippen LogP contribution in [0.15, 0.2) is 18.2 Å². The zero-order valence-corrected chi connectivity index (χ0v) is 20.7. The fourth-order valence-corrected chi connectivity index (χ4v) is 6.29. The number of halogens is 2. The highest BCUT2D eigenvalue weighted by molar-refractivity contribution is 7.19. The number of amides is 2. The maximum absolute atomic E-state index is 12.9. The molecule has 2 aliphatic rings. The van der Waals surface area contributed by atoms with Crippen LogP contribution in [-0.2, 0) is 24.2 Å². The molecular weight excluding hydrogens is 481 g/mol. The standard InChI is InChI=1S/C23H25Cl2N5O2S/c1-32-13-18-26-21(19-14-5-2-3-8-17(14)33-22(19)27-18)29-9-11-30(12-10-29)23(31)28-20-15(24)6-4-7-16(20)25/h4,6-7H,2-3,5,8-13H2,1H3,(H,28,31). The van der Waals surface area contributed by atoms with Gasteiger partial charge in [-0.1, -0.05) is 29.3 Å². The minimum absolute atomic E-state index is 0.203. The van der Waals surface area contributed by atoms with E-state index in [1.54, 1.807) is 41.5 Å². The maximum atomic E-state index is 12.9. The van der Waals surface area contributed by atoms with Crippen LogP contribution in [0.1, 0.15) is 29.1 Å². The Hall–Kier alpha value is -2.13. The Bertz CT molecular complexity index is 1170. The topological polar surface area (TPSA) is 70.6 Å². The van der Waals surface area contributed by atoms with Gasteiger partial charge in [0.1, 0.15) is 17.3 Å². The fraction of sp³-hybridized carbons (Fsp3) is 0.435. The van der Waals surface area contributed by atoms with Crippen LogP contribution >= 0.6 is 34.5 Å². The molecule has 10 heteroatoms. The maximum Gasteiger partial charge on any atom is 0.322 e. The zero-order chi connectivity index (χ0) is 22.9. The van der Waals surface area contributed by atoms with Gasteiger partial charge in [0.15, 0.2) is 5.82 Å². The third kappa shape index (κ3) is 4.49. The number of benzene rings is 1. The van der Waals surface area contributed by atoms with E-state index in [2.05, 4.69) is 10.2 Å². The second kappa shape index (κ2) is 9.62. The number of ether oxygens (including phenoxy) is 1. The smallest absolute Gasteiger partial charge is 0.322 e. The van der Waals surface area contributed by atoms with E-state index in [0.717, 1.165) is 23.5 Å². The minimum atomic E-state index is -0.203. The van der Waals surface area contributed by atoms with E-state index in [1.807, 2.05) is 0 Å². The molecule has 1 N–H and O–H groups in total. The van der Waals surface area contributed by atoms with Crippen molar-refractivity contribution in [1.29, 1.82) is 0 Å². The first kappa shape index (κ1) is 22.7. The number of thiophene rings is 1. The molecule has 1 fully saturated rings. The van der Waals surface area contributed by atoms with Gasteiger partial charge in [-0.3, -0.25) is 0 Å². The Morgan fingerprint density at radius 2 is 1.85 bits per heavy atom. The Labute approximate surface area is 206 Å². The Morgan fingerprint density at radius 3 is 2.58 bits per heavy atom. The molecule has 3 aromatic rings. The number of piperazine rings is 1. The molecule has 3 heterocycles.